The number of carbonyl (C=O) groups is 2. The predicted octanol–water partition coefficient (Wildman–Crippen LogP) is 3.25. The minimum atomic E-state index is -0.565. The number of anilines is 1. The van der Waals surface area contributed by atoms with E-state index in [0.29, 0.717) is 17.0 Å². The van der Waals surface area contributed by atoms with Crippen LogP contribution in [0.5, 0.6) is 5.75 Å². The summed E-state index contributed by atoms with van der Waals surface area (Å²) in [6.45, 7) is -0.355. The monoisotopic (exact) mass is 363 g/mol. The van der Waals surface area contributed by atoms with Crippen molar-refractivity contribution < 1.29 is 19.1 Å². The van der Waals surface area contributed by atoms with E-state index in [2.05, 4.69) is 21.2 Å². The van der Waals surface area contributed by atoms with E-state index in [1.807, 2.05) is 6.07 Å². The van der Waals surface area contributed by atoms with Gasteiger partial charge in [0.1, 0.15) is 5.75 Å². The number of methoxy groups -OCH3 is 1. The summed E-state index contributed by atoms with van der Waals surface area (Å²) in [5, 5.41) is 2.65. The highest BCUT2D eigenvalue weighted by molar-refractivity contribution is 9.10. The topological polar surface area (TPSA) is 64.6 Å². The van der Waals surface area contributed by atoms with Crippen molar-refractivity contribution in [1.82, 2.24) is 0 Å². The highest BCUT2D eigenvalue weighted by Crippen LogP contribution is 2.21. The maximum absolute atomic E-state index is 11.8. The smallest absolute Gasteiger partial charge is 0.338 e. The fraction of sp³-hybridized carbons (Fsp3) is 0.125. The van der Waals surface area contributed by atoms with Crippen molar-refractivity contribution in [2.75, 3.05) is 19.0 Å². The summed E-state index contributed by atoms with van der Waals surface area (Å²) in [6.07, 6.45) is 0. The number of ether oxygens (including phenoxy) is 2. The molecule has 2 aromatic rings. The van der Waals surface area contributed by atoms with Crippen LogP contribution in [0.3, 0.4) is 0 Å². The Kier molecular flexibility index (Phi) is 5.55. The number of halogens is 1. The third-order valence-electron chi connectivity index (χ3n) is 2.81. The molecule has 2 rings (SSSR count). The van der Waals surface area contributed by atoms with Gasteiger partial charge >= 0.3 is 5.97 Å². The highest BCUT2D eigenvalue weighted by Gasteiger charge is 2.11. The van der Waals surface area contributed by atoms with Gasteiger partial charge in [-0.1, -0.05) is 12.1 Å². The molecular weight excluding hydrogens is 350 g/mol. The summed E-state index contributed by atoms with van der Waals surface area (Å²) in [5.74, 6) is -0.332. The largest absolute Gasteiger partial charge is 0.497 e. The van der Waals surface area contributed by atoms with Gasteiger partial charge in [-0.25, -0.2) is 4.79 Å². The molecule has 6 heteroatoms. The molecule has 0 unspecified atom stereocenters. The number of hydrogen-bond acceptors (Lipinski definition) is 4. The summed E-state index contributed by atoms with van der Waals surface area (Å²) in [6, 6.07) is 13.6. The van der Waals surface area contributed by atoms with Crippen LogP contribution in [0, 0.1) is 0 Å². The molecule has 1 amide bonds. The van der Waals surface area contributed by atoms with Crippen molar-refractivity contribution in [3.63, 3.8) is 0 Å². The van der Waals surface area contributed by atoms with E-state index < -0.39 is 11.9 Å². The zero-order chi connectivity index (χ0) is 15.9. The molecule has 0 saturated heterocycles. The van der Waals surface area contributed by atoms with E-state index in [1.54, 1.807) is 49.6 Å². The maximum Gasteiger partial charge on any atom is 0.338 e. The van der Waals surface area contributed by atoms with Crippen LogP contribution >= 0.6 is 15.9 Å². The van der Waals surface area contributed by atoms with Gasteiger partial charge in [-0.15, -0.1) is 0 Å². The number of carbonyl (C=O) groups excluding carboxylic acids is 2. The summed E-state index contributed by atoms with van der Waals surface area (Å²) in [7, 11) is 1.54. The lowest BCUT2D eigenvalue weighted by Gasteiger charge is -2.08. The van der Waals surface area contributed by atoms with Crippen LogP contribution in [0.1, 0.15) is 10.4 Å². The molecule has 22 heavy (non-hydrogen) atoms. The van der Waals surface area contributed by atoms with Crippen molar-refractivity contribution in [2.24, 2.45) is 0 Å². The number of rotatable bonds is 5. The number of para-hydroxylation sites is 1. The SMILES string of the molecule is COc1ccc(C(=O)OCC(=O)Nc2ccccc2Br)cc1. The van der Waals surface area contributed by atoms with Crippen molar-refractivity contribution in [1.29, 1.82) is 0 Å². The Bertz CT molecular complexity index is 670. The molecule has 0 aliphatic heterocycles. The molecule has 5 nitrogen and oxygen atoms in total. The molecule has 2 aromatic carbocycles. The summed E-state index contributed by atoms with van der Waals surface area (Å²) >= 11 is 3.32. The Morgan fingerprint density at radius 1 is 1.09 bits per heavy atom. The maximum atomic E-state index is 11.8. The summed E-state index contributed by atoms with van der Waals surface area (Å²) < 4.78 is 10.7. The molecule has 0 aromatic heterocycles. The first-order valence-electron chi connectivity index (χ1n) is 6.45. The van der Waals surface area contributed by atoms with Crippen LogP contribution in [0.25, 0.3) is 0 Å². The van der Waals surface area contributed by atoms with Crippen LogP contribution in [0.2, 0.25) is 0 Å². The first-order chi connectivity index (χ1) is 10.6. The summed E-state index contributed by atoms with van der Waals surface area (Å²) in [4.78, 5) is 23.6. The van der Waals surface area contributed by atoms with Crippen LogP contribution in [-0.2, 0) is 9.53 Å². The zero-order valence-electron chi connectivity index (χ0n) is 11.8. The minimum Gasteiger partial charge on any atom is -0.497 e. The van der Waals surface area contributed by atoms with E-state index in [9.17, 15) is 9.59 Å². The van der Waals surface area contributed by atoms with Crippen LogP contribution < -0.4 is 10.1 Å². The highest BCUT2D eigenvalue weighted by atomic mass is 79.9. The first-order valence-corrected chi connectivity index (χ1v) is 7.25. The first kappa shape index (κ1) is 16.0. The Morgan fingerprint density at radius 3 is 2.41 bits per heavy atom. The van der Waals surface area contributed by atoms with Gasteiger partial charge < -0.3 is 14.8 Å². The molecule has 0 aliphatic rings. The Balaban J connectivity index is 1.87. The molecule has 0 saturated carbocycles. The average Bonchev–Trinajstić information content (AvgIpc) is 2.55. The lowest BCUT2D eigenvalue weighted by Crippen LogP contribution is -2.21. The van der Waals surface area contributed by atoms with Crippen molar-refractivity contribution in [3.05, 3.63) is 58.6 Å². The third-order valence-corrected chi connectivity index (χ3v) is 3.50. The number of nitrogens with one attached hydrogen (secondary N) is 1. The van der Waals surface area contributed by atoms with Crippen LogP contribution in [0.4, 0.5) is 5.69 Å². The molecule has 0 radical (unpaired) electrons. The van der Waals surface area contributed by atoms with E-state index in [0.717, 1.165) is 4.47 Å². The van der Waals surface area contributed by atoms with Gasteiger partial charge in [0.2, 0.25) is 0 Å². The zero-order valence-corrected chi connectivity index (χ0v) is 13.4. The molecule has 0 atom stereocenters. The van der Waals surface area contributed by atoms with Crippen molar-refractivity contribution in [2.45, 2.75) is 0 Å². The normalized spacial score (nSPS) is 9.91. The molecule has 0 aliphatic carbocycles. The van der Waals surface area contributed by atoms with Gasteiger partial charge in [-0.2, -0.15) is 0 Å². The van der Waals surface area contributed by atoms with Crippen LogP contribution in [-0.4, -0.2) is 25.6 Å². The van der Waals surface area contributed by atoms with Gasteiger partial charge in [0.25, 0.3) is 5.91 Å². The lowest BCUT2D eigenvalue weighted by molar-refractivity contribution is -0.119. The number of esters is 1. The fourth-order valence-electron chi connectivity index (χ4n) is 1.69. The van der Waals surface area contributed by atoms with E-state index in [-0.39, 0.29) is 6.61 Å². The molecule has 0 spiro atoms. The Hall–Kier alpha value is -2.34. The standard InChI is InChI=1S/C16H14BrNO4/c1-21-12-8-6-11(7-9-12)16(20)22-10-15(19)18-14-5-3-2-4-13(14)17/h2-9H,10H2,1H3,(H,18,19). The van der Waals surface area contributed by atoms with Crippen molar-refractivity contribution in [3.8, 4) is 5.75 Å². The molecule has 114 valence electrons. The van der Waals surface area contributed by atoms with Gasteiger partial charge in [0.05, 0.1) is 18.4 Å². The van der Waals surface area contributed by atoms with Crippen molar-refractivity contribution >= 4 is 33.5 Å². The second kappa shape index (κ2) is 7.61. The van der Waals surface area contributed by atoms with E-state index >= 15 is 0 Å². The number of benzene rings is 2. The number of hydrogen-bond donors (Lipinski definition) is 1. The van der Waals surface area contributed by atoms with Gasteiger partial charge in [0.15, 0.2) is 6.61 Å². The van der Waals surface area contributed by atoms with E-state index in [4.69, 9.17) is 9.47 Å². The third kappa shape index (κ3) is 4.33. The van der Waals surface area contributed by atoms with Crippen LogP contribution in [0.15, 0.2) is 53.0 Å². The molecule has 0 heterocycles. The van der Waals surface area contributed by atoms with E-state index in [1.165, 1.54) is 0 Å². The van der Waals surface area contributed by atoms with Gasteiger partial charge in [0, 0.05) is 4.47 Å². The fourth-order valence-corrected chi connectivity index (χ4v) is 2.07. The second-order valence-electron chi connectivity index (χ2n) is 4.33. The molecular formula is C16H14BrNO4. The Morgan fingerprint density at radius 2 is 1.77 bits per heavy atom. The van der Waals surface area contributed by atoms with Gasteiger partial charge in [-0.3, -0.25) is 4.79 Å². The van der Waals surface area contributed by atoms with Gasteiger partial charge in [-0.05, 0) is 52.3 Å². The quantitative estimate of drug-likeness (QED) is 0.828. The molecule has 0 bridgehead atoms. The molecule has 1 N–H and O–H groups in total. The Labute approximate surface area is 136 Å². The minimum absolute atomic E-state index is 0.355. The molecule has 0 fully saturated rings. The predicted molar refractivity (Wildman–Crippen MR) is 86.0 cm³/mol. The average molecular weight is 364 g/mol. The lowest BCUT2D eigenvalue weighted by atomic mass is 10.2. The summed E-state index contributed by atoms with van der Waals surface area (Å²) in [5.41, 5.74) is 0.975. The number of amides is 1. The second-order valence-corrected chi connectivity index (χ2v) is 5.19.